The lowest BCUT2D eigenvalue weighted by molar-refractivity contribution is 0.426. The van der Waals surface area contributed by atoms with Crippen LogP contribution in [0.3, 0.4) is 0 Å². The van der Waals surface area contributed by atoms with Gasteiger partial charge in [0.15, 0.2) is 0 Å². The van der Waals surface area contributed by atoms with Gasteiger partial charge in [-0.2, -0.15) is 0 Å². The highest BCUT2D eigenvalue weighted by Gasteiger charge is 2.16. The molecule has 0 amide bonds. The number of benzene rings is 1. The molecule has 0 N–H and O–H groups in total. The van der Waals surface area contributed by atoms with E-state index >= 15 is 0 Å². The molecule has 0 aliphatic heterocycles. The molecule has 2 rings (SSSR count). The van der Waals surface area contributed by atoms with E-state index in [0.29, 0.717) is 11.8 Å². The largest absolute Gasteiger partial charge is 0.424 e. The summed E-state index contributed by atoms with van der Waals surface area (Å²) in [6.45, 7) is 6.37. The molecule has 102 valence electrons. The van der Waals surface area contributed by atoms with E-state index in [1.807, 2.05) is 12.1 Å². The first-order valence-electron chi connectivity index (χ1n) is 6.29. The van der Waals surface area contributed by atoms with E-state index in [-0.39, 0.29) is 5.25 Å². The van der Waals surface area contributed by atoms with Crippen molar-refractivity contribution in [1.29, 1.82) is 0 Å². The van der Waals surface area contributed by atoms with E-state index in [2.05, 4.69) is 59.0 Å². The molecule has 19 heavy (non-hydrogen) atoms. The van der Waals surface area contributed by atoms with Crippen molar-refractivity contribution in [2.45, 2.75) is 37.3 Å². The Hall–Kier alpha value is -0.810. The average molecular weight is 341 g/mol. The molecule has 0 aliphatic carbocycles. The normalized spacial score (nSPS) is 12.9. The third kappa shape index (κ3) is 4.35. The number of thioether (sulfide) groups is 1. The van der Waals surface area contributed by atoms with E-state index in [0.717, 1.165) is 16.8 Å². The van der Waals surface area contributed by atoms with E-state index in [9.17, 15) is 0 Å². The van der Waals surface area contributed by atoms with Gasteiger partial charge in [0, 0.05) is 15.8 Å². The molecule has 0 bridgehead atoms. The van der Waals surface area contributed by atoms with Crippen LogP contribution in [0, 0.1) is 5.92 Å². The van der Waals surface area contributed by atoms with Gasteiger partial charge in [0.1, 0.15) is 0 Å². The van der Waals surface area contributed by atoms with Crippen LogP contribution >= 0.6 is 27.7 Å². The topological polar surface area (TPSA) is 38.9 Å². The summed E-state index contributed by atoms with van der Waals surface area (Å²) in [6.07, 6.45) is 0.835. The summed E-state index contributed by atoms with van der Waals surface area (Å²) in [7, 11) is 0. The fourth-order valence-corrected chi connectivity index (χ4v) is 3.16. The Balaban J connectivity index is 2.03. The van der Waals surface area contributed by atoms with Crippen molar-refractivity contribution in [2.24, 2.45) is 5.92 Å². The zero-order valence-electron chi connectivity index (χ0n) is 11.3. The van der Waals surface area contributed by atoms with Crippen LogP contribution in [-0.2, 0) is 6.42 Å². The van der Waals surface area contributed by atoms with Crippen molar-refractivity contribution < 1.29 is 4.42 Å². The maximum Gasteiger partial charge on any atom is 0.229 e. The van der Waals surface area contributed by atoms with Crippen molar-refractivity contribution in [3.63, 3.8) is 0 Å². The second-order valence-corrected chi connectivity index (χ2v) is 7.18. The Bertz CT molecular complexity index is 542. The minimum Gasteiger partial charge on any atom is -0.424 e. The van der Waals surface area contributed by atoms with Crippen molar-refractivity contribution in [3.05, 3.63) is 40.5 Å². The van der Waals surface area contributed by atoms with Gasteiger partial charge >= 0.3 is 0 Å². The predicted octanol–water partition coefficient (Wildman–Crippen LogP) is 4.88. The first kappa shape index (κ1) is 14.6. The van der Waals surface area contributed by atoms with Crippen LogP contribution in [-0.4, -0.2) is 10.2 Å². The quantitative estimate of drug-likeness (QED) is 0.726. The van der Waals surface area contributed by atoms with Gasteiger partial charge in [-0.25, -0.2) is 0 Å². The third-order valence-electron chi connectivity index (χ3n) is 2.52. The smallest absolute Gasteiger partial charge is 0.229 e. The molecule has 5 heteroatoms. The van der Waals surface area contributed by atoms with E-state index < -0.39 is 0 Å². The summed E-state index contributed by atoms with van der Waals surface area (Å²) in [6, 6.07) is 8.21. The Morgan fingerprint density at radius 1 is 1.26 bits per heavy atom. The van der Waals surface area contributed by atoms with Crippen molar-refractivity contribution in [1.82, 2.24) is 10.2 Å². The van der Waals surface area contributed by atoms with Crippen molar-refractivity contribution >= 4 is 27.7 Å². The Morgan fingerprint density at radius 3 is 2.74 bits per heavy atom. The molecule has 1 atom stereocenters. The monoisotopic (exact) mass is 340 g/mol. The van der Waals surface area contributed by atoms with E-state index in [4.69, 9.17) is 4.42 Å². The van der Waals surface area contributed by atoms with Gasteiger partial charge in [-0.1, -0.05) is 35.8 Å². The SMILES string of the molecule is CC(C)Cc1nnc([C@H](C)Sc2cccc(Br)c2)o1. The lowest BCUT2D eigenvalue weighted by Gasteiger charge is -2.06. The maximum absolute atomic E-state index is 5.70. The second-order valence-electron chi connectivity index (χ2n) is 4.85. The fourth-order valence-electron chi connectivity index (χ4n) is 1.66. The first-order chi connectivity index (χ1) is 9.04. The van der Waals surface area contributed by atoms with Crippen LogP contribution in [0.25, 0.3) is 0 Å². The minimum absolute atomic E-state index is 0.155. The molecular weight excluding hydrogens is 324 g/mol. The molecule has 0 saturated heterocycles. The number of hydrogen-bond acceptors (Lipinski definition) is 4. The number of rotatable bonds is 5. The molecule has 1 aromatic carbocycles. The van der Waals surface area contributed by atoms with E-state index in [1.165, 1.54) is 4.90 Å². The fraction of sp³-hybridized carbons (Fsp3) is 0.429. The number of halogens is 1. The third-order valence-corrected chi connectivity index (χ3v) is 4.10. The lowest BCUT2D eigenvalue weighted by atomic mass is 10.1. The average Bonchev–Trinajstić information content (AvgIpc) is 2.76. The van der Waals surface area contributed by atoms with Gasteiger partial charge in [0.2, 0.25) is 11.8 Å². The Kier molecular flexibility index (Phi) is 5.05. The van der Waals surface area contributed by atoms with E-state index in [1.54, 1.807) is 11.8 Å². The highest BCUT2D eigenvalue weighted by Crippen LogP contribution is 2.35. The number of nitrogens with zero attached hydrogens (tertiary/aromatic N) is 2. The van der Waals surface area contributed by atoms with Crippen LogP contribution in [0.4, 0.5) is 0 Å². The number of hydrogen-bond donors (Lipinski definition) is 0. The summed E-state index contributed by atoms with van der Waals surface area (Å²) in [4.78, 5) is 1.19. The van der Waals surface area contributed by atoms with Crippen LogP contribution in [0.1, 0.15) is 37.8 Å². The zero-order valence-corrected chi connectivity index (χ0v) is 13.7. The first-order valence-corrected chi connectivity index (χ1v) is 7.96. The van der Waals surface area contributed by atoms with Gasteiger partial charge < -0.3 is 4.42 Å². The summed E-state index contributed by atoms with van der Waals surface area (Å²) in [5.41, 5.74) is 0. The summed E-state index contributed by atoms with van der Waals surface area (Å²) in [5.74, 6) is 1.95. The molecular formula is C14H17BrN2OS. The molecule has 1 heterocycles. The Morgan fingerprint density at radius 2 is 2.05 bits per heavy atom. The highest BCUT2D eigenvalue weighted by atomic mass is 79.9. The predicted molar refractivity (Wildman–Crippen MR) is 81.3 cm³/mol. The van der Waals surface area contributed by atoms with Gasteiger partial charge in [0.25, 0.3) is 0 Å². The summed E-state index contributed by atoms with van der Waals surface area (Å²) in [5, 5.41) is 8.39. The molecule has 1 aromatic heterocycles. The van der Waals surface area contributed by atoms with Crippen LogP contribution in [0.5, 0.6) is 0 Å². The Labute approximate surface area is 126 Å². The van der Waals surface area contributed by atoms with Crippen molar-refractivity contribution in [3.8, 4) is 0 Å². The molecule has 3 nitrogen and oxygen atoms in total. The van der Waals surface area contributed by atoms with Gasteiger partial charge in [-0.3, -0.25) is 0 Å². The van der Waals surface area contributed by atoms with Crippen LogP contribution < -0.4 is 0 Å². The molecule has 0 saturated carbocycles. The standard InChI is InChI=1S/C14H17BrN2OS/c1-9(2)7-13-16-17-14(18-13)10(3)19-12-6-4-5-11(15)8-12/h4-6,8-10H,7H2,1-3H3/t10-/m0/s1. The second kappa shape index (κ2) is 6.57. The summed E-state index contributed by atoms with van der Waals surface area (Å²) < 4.78 is 6.78. The van der Waals surface area contributed by atoms with Gasteiger partial charge in [0.05, 0.1) is 5.25 Å². The van der Waals surface area contributed by atoms with Crippen molar-refractivity contribution in [2.75, 3.05) is 0 Å². The van der Waals surface area contributed by atoms with Gasteiger partial charge in [-0.15, -0.1) is 22.0 Å². The molecule has 2 aromatic rings. The van der Waals surface area contributed by atoms with Gasteiger partial charge in [-0.05, 0) is 31.0 Å². The van der Waals surface area contributed by atoms with Crippen LogP contribution in [0.15, 0.2) is 38.1 Å². The van der Waals surface area contributed by atoms with Crippen LogP contribution in [0.2, 0.25) is 0 Å². The zero-order chi connectivity index (χ0) is 13.8. The maximum atomic E-state index is 5.70. The molecule has 0 aliphatic rings. The molecule has 0 fully saturated rings. The molecule has 0 radical (unpaired) electrons. The molecule has 0 unspecified atom stereocenters. The molecule has 0 spiro atoms. The highest BCUT2D eigenvalue weighted by molar-refractivity contribution is 9.10. The number of aromatic nitrogens is 2. The summed E-state index contributed by atoms with van der Waals surface area (Å²) >= 11 is 5.19. The lowest BCUT2D eigenvalue weighted by Crippen LogP contribution is -1.93. The minimum atomic E-state index is 0.155.